The zero-order valence-corrected chi connectivity index (χ0v) is 9.43. The van der Waals surface area contributed by atoms with E-state index in [1.807, 2.05) is 32.1 Å². The fourth-order valence-electron chi connectivity index (χ4n) is 0.904. The highest BCUT2D eigenvalue weighted by molar-refractivity contribution is 5.31. The zero-order chi connectivity index (χ0) is 10.7. The first-order valence-electron chi connectivity index (χ1n) is 4.87. The first-order valence-corrected chi connectivity index (χ1v) is 4.87. The average Bonchev–Trinajstić information content (AvgIpc) is 2.19. The van der Waals surface area contributed by atoms with Gasteiger partial charge in [0, 0.05) is 0 Å². The smallest absolute Gasteiger partial charge is 0.0305 e. The molecule has 0 spiro atoms. The molecule has 0 heteroatoms. The fraction of sp³-hybridized carbons (Fsp3) is 0.385. The Balaban J connectivity index is 0. The monoisotopic (exact) mass is 178 g/mol. The van der Waals surface area contributed by atoms with Gasteiger partial charge in [-0.15, -0.1) is 0 Å². The molecule has 74 valence electrons. The van der Waals surface area contributed by atoms with Gasteiger partial charge in [-0.3, -0.25) is 0 Å². The number of rotatable bonds is 4. The first kappa shape index (κ1) is 14.5. The molecule has 13 heavy (non-hydrogen) atoms. The van der Waals surface area contributed by atoms with E-state index in [1.54, 1.807) is 6.08 Å². The molecule has 0 atom stereocenters. The van der Waals surface area contributed by atoms with Crippen molar-refractivity contribution in [3.8, 4) is 0 Å². The Morgan fingerprint density at radius 2 is 1.77 bits per heavy atom. The molecule has 0 nitrogen and oxygen atoms in total. The van der Waals surface area contributed by atoms with Crippen molar-refractivity contribution in [1.29, 1.82) is 0 Å². The second-order valence-electron chi connectivity index (χ2n) is 2.36. The standard InChI is InChI=1S/C11H16.C2H6/c1-5-8-9-10(4)11(6-2)7-3;1-2/h5-6,8-9H,1-2,7H2,3-4H3;1-2H3/b9-8-,11-10+;. The van der Waals surface area contributed by atoms with Crippen molar-refractivity contribution in [1.82, 2.24) is 0 Å². The minimum absolute atomic E-state index is 1.04. The van der Waals surface area contributed by atoms with E-state index in [2.05, 4.69) is 27.0 Å². The van der Waals surface area contributed by atoms with E-state index < -0.39 is 0 Å². The minimum atomic E-state index is 1.04. The summed E-state index contributed by atoms with van der Waals surface area (Å²) in [4.78, 5) is 0. The lowest BCUT2D eigenvalue weighted by molar-refractivity contribution is 1.12. The summed E-state index contributed by atoms with van der Waals surface area (Å²) in [5, 5.41) is 0. The van der Waals surface area contributed by atoms with Gasteiger partial charge in [0.1, 0.15) is 0 Å². The molecule has 0 aliphatic heterocycles. The van der Waals surface area contributed by atoms with Crippen LogP contribution in [0.15, 0.2) is 48.6 Å². The van der Waals surface area contributed by atoms with Crippen LogP contribution < -0.4 is 0 Å². The molecule has 0 saturated carbocycles. The van der Waals surface area contributed by atoms with Gasteiger partial charge in [-0.05, 0) is 24.5 Å². The van der Waals surface area contributed by atoms with Crippen LogP contribution in [0.3, 0.4) is 0 Å². The zero-order valence-electron chi connectivity index (χ0n) is 9.43. The normalized spacial score (nSPS) is 11.4. The molecule has 0 aromatic rings. The van der Waals surface area contributed by atoms with Crippen LogP contribution in [0.5, 0.6) is 0 Å². The Kier molecular flexibility index (Phi) is 12.2. The Bertz CT molecular complexity index is 192. The van der Waals surface area contributed by atoms with Gasteiger partial charge in [0.15, 0.2) is 0 Å². The van der Waals surface area contributed by atoms with Crippen LogP contribution in [0.25, 0.3) is 0 Å². The van der Waals surface area contributed by atoms with E-state index in [0.29, 0.717) is 0 Å². The predicted molar refractivity (Wildman–Crippen MR) is 63.9 cm³/mol. The molecular formula is C13H22. The summed E-state index contributed by atoms with van der Waals surface area (Å²) in [6, 6.07) is 0. The Labute approximate surface area is 83.4 Å². The highest BCUT2D eigenvalue weighted by Gasteiger charge is 1.89. The number of hydrogen-bond donors (Lipinski definition) is 0. The third kappa shape index (κ3) is 7.32. The summed E-state index contributed by atoms with van der Waals surface area (Å²) in [5.41, 5.74) is 2.56. The lowest BCUT2D eigenvalue weighted by Crippen LogP contribution is -1.78. The SMILES string of the molecule is C=C/C=C\C(C)=C(/C=C)CC.CC. The van der Waals surface area contributed by atoms with Gasteiger partial charge in [0.25, 0.3) is 0 Å². The Hall–Kier alpha value is -1.04. The highest BCUT2D eigenvalue weighted by atomic mass is 14.0. The molecule has 0 saturated heterocycles. The lowest BCUT2D eigenvalue weighted by Gasteiger charge is -1.99. The maximum Gasteiger partial charge on any atom is -0.0305 e. The maximum absolute atomic E-state index is 3.74. The fourth-order valence-corrected chi connectivity index (χ4v) is 0.904. The summed E-state index contributed by atoms with van der Waals surface area (Å²) < 4.78 is 0. The van der Waals surface area contributed by atoms with Gasteiger partial charge >= 0.3 is 0 Å². The lowest BCUT2D eigenvalue weighted by atomic mass is 10.1. The topological polar surface area (TPSA) is 0 Å². The molecule has 0 aliphatic rings. The summed E-state index contributed by atoms with van der Waals surface area (Å²) in [7, 11) is 0. The second kappa shape index (κ2) is 11.0. The van der Waals surface area contributed by atoms with Gasteiger partial charge in [0.05, 0.1) is 0 Å². The molecule has 0 aromatic heterocycles. The van der Waals surface area contributed by atoms with E-state index in [1.165, 1.54) is 11.1 Å². The van der Waals surface area contributed by atoms with Crippen molar-refractivity contribution in [3.05, 3.63) is 48.6 Å². The largest absolute Gasteiger partial charge is 0.0991 e. The number of allylic oxidation sites excluding steroid dienone is 6. The molecule has 0 aromatic carbocycles. The molecule has 0 aliphatic carbocycles. The summed E-state index contributed by atoms with van der Waals surface area (Å²) in [6.45, 7) is 15.6. The van der Waals surface area contributed by atoms with Gasteiger partial charge in [0.2, 0.25) is 0 Å². The molecule has 0 N–H and O–H groups in total. The number of hydrogen-bond acceptors (Lipinski definition) is 0. The second-order valence-corrected chi connectivity index (χ2v) is 2.36. The van der Waals surface area contributed by atoms with Crippen molar-refractivity contribution < 1.29 is 0 Å². The first-order chi connectivity index (χ1) is 6.26. The van der Waals surface area contributed by atoms with Crippen LogP contribution in [-0.2, 0) is 0 Å². The van der Waals surface area contributed by atoms with E-state index >= 15 is 0 Å². The highest BCUT2D eigenvalue weighted by Crippen LogP contribution is 2.10. The third-order valence-electron chi connectivity index (χ3n) is 1.62. The Morgan fingerprint density at radius 3 is 2.08 bits per heavy atom. The predicted octanol–water partition coefficient (Wildman–Crippen LogP) is 4.67. The van der Waals surface area contributed by atoms with Crippen LogP contribution in [-0.4, -0.2) is 0 Å². The summed E-state index contributed by atoms with van der Waals surface area (Å²) >= 11 is 0. The third-order valence-corrected chi connectivity index (χ3v) is 1.62. The van der Waals surface area contributed by atoms with Crippen LogP contribution in [0.4, 0.5) is 0 Å². The van der Waals surface area contributed by atoms with Gasteiger partial charge < -0.3 is 0 Å². The van der Waals surface area contributed by atoms with E-state index in [-0.39, 0.29) is 0 Å². The molecule has 0 heterocycles. The minimum Gasteiger partial charge on any atom is -0.0991 e. The maximum atomic E-state index is 3.74. The molecular weight excluding hydrogens is 156 g/mol. The van der Waals surface area contributed by atoms with Crippen molar-refractivity contribution in [3.63, 3.8) is 0 Å². The summed E-state index contributed by atoms with van der Waals surface area (Å²) in [5.74, 6) is 0. The molecule has 0 rings (SSSR count). The van der Waals surface area contributed by atoms with Crippen LogP contribution in [0.1, 0.15) is 34.1 Å². The van der Waals surface area contributed by atoms with Gasteiger partial charge in [-0.1, -0.05) is 58.2 Å². The van der Waals surface area contributed by atoms with Gasteiger partial charge in [-0.25, -0.2) is 0 Å². The van der Waals surface area contributed by atoms with Gasteiger partial charge in [-0.2, -0.15) is 0 Å². The van der Waals surface area contributed by atoms with E-state index in [4.69, 9.17) is 0 Å². The van der Waals surface area contributed by atoms with E-state index in [9.17, 15) is 0 Å². The van der Waals surface area contributed by atoms with Crippen molar-refractivity contribution >= 4 is 0 Å². The van der Waals surface area contributed by atoms with E-state index in [0.717, 1.165) is 6.42 Å². The molecule has 0 fully saturated rings. The quantitative estimate of drug-likeness (QED) is 0.549. The molecule has 0 unspecified atom stereocenters. The molecule has 0 amide bonds. The molecule has 0 bridgehead atoms. The van der Waals surface area contributed by atoms with Crippen LogP contribution >= 0.6 is 0 Å². The molecule has 0 radical (unpaired) electrons. The Morgan fingerprint density at radius 1 is 1.23 bits per heavy atom. The van der Waals surface area contributed by atoms with Crippen LogP contribution in [0, 0.1) is 0 Å². The van der Waals surface area contributed by atoms with Crippen molar-refractivity contribution in [2.75, 3.05) is 0 Å². The van der Waals surface area contributed by atoms with Crippen LogP contribution in [0.2, 0.25) is 0 Å². The van der Waals surface area contributed by atoms with Crippen molar-refractivity contribution in [2.45, 2.75) is 34.1 Å². The average molecular weight is 178 g/mol. The summed E-state index contributed by atoms with van der Waals surface area (Å²) in [6.07, 6.45) is 8.71. The van der Waals surface area contributed by atoms with Crippen molar-refractivity contribution in [2.24, 2.45) is 0 Å².